The molecule has 1 N–H and O–H groups in total. The van der Waals surface area contributed by atoms with Gasteiger partial charge in [0, 0.05) is 24.5 Å². The van der Waals surface area contributed by atoms with Gasteiger partial charge in [-0.3, -0.25) is 4.79 Å². The second kappa shape index (κ2) is 8.51. The molecule has 0 radical (unpaired) electrons. The minimum Gasteiger partial charge on any atom is -0.467 e. The van der Waals surface area contributed by atoms with Gasteiger partial charge in [-0.2, -0.15) is 0 Å². The van der Waals surface area contributed by atoms with Crippen molar-refractivity contribution in [3.63, 3.8) is 0 Å². The molecule has 3 aromatic rings. The predicted octanol–water partition coefficient (Wildman–Crippen LogP) is 3.09. The largest absolute Gasteiger partial charge is 0.467 e. The van der Waals surface area contributed by atoms with Crippen molar-refractivity contribution in [2.75, 3.05) is 14.2 Å². The average molecular weight is 367 g/mol. The number of carbonyl (C=O) groups is 2. The molecular weight excluding hydrogens is 346 g/mol. The van der Waals surface area contributed by atoms with Gasteiger partial charge in [-0.25, -0.2) is 4.79 Å². The molecular formula is C21H21NO5. The highest BCUT2D eigenvalue weighted by molar-refractivity contribution is 6.00. The van der Waals surface area contributed by atoms with Gasteiger partial charge in [0.25, 0.3) is 5.91 Å². The van der Waals surface area contributed by atoms with E-state index in [9.17, 15) is 9.59 Å². The Morgan fingerprint density at radius 2 is 1.74 bits per heavy atom. The van der Waals surface area contributed by atoms with Crippen LogP contribution >= 0.6 is 0 Å². The molecule has 0 aliphatic carbocycles. The summed E-state index contributed by atoms with van der Waals surface area (Å²) in [7, 11) is 2.85. The molecule has 1 aromatic heterocycles. The maximum Gasteiger partial charge on any atom is 0.328 e. The highest BCUT2D eigenvalue weighted by Crippen LogP contribution is 2.26. The molecule has 0 aliphatic rings. The number of methoxy groups -OCH3 is 2. The van der Waals surface area contributed by atoms with Crippen molar-refractivity contribution in [3.8, 4) is 0 Å². The van der Waals surface area contributed by atoms with Gasteiger partial charge in [-0.15, -0.1) is 0 Å². The molecule has 1 atom stereocenters. The lowest BCUT2D eigenvalue weighted by atomic mass is 10.1. The van der Waals surface area contributed by atoms with Crippen molar-refractivity contribution < 1.29 is 23.5 Å². The number of para-hydroxylation sites is 1. The number of hydrogen-bond acceptors (Lipinski definition) is 5. The minimum absolute atomic E-state index is 0.139. The summed E-state index contributed by atoms with van der Waals surface area (Å²) in [6, 6.07) is 15.9. The molecule has 1 amide bonds. The van der Waals surface area contributed by atoms with Crippen molar-refractivity contribution >= 4 is 22.8 Å². The van der Waals surface area contributed by atoms with Crippen molar-refractivity contribution in [1.29, 1.82) is 0 Å². The number of esters is 1. The van der Waals surface area contributed by atoms with Crippen LogP contribution in [0.25, 0.3) is 11.0 Å². The van der Waals surface area contributed by atoms with Gasteiger partial charge in [-0.1, -0.05) is 48.5 Å². The first-order chi connectivity index (χ1) is 13.1. The summed E-state index contributed by atoms with van der Waals surface area (Å²) in [5, 5.41) is 3.54. The fourth-order valence-corrected chi connectivity index (χ4v) is 2.98. The van der Waals surface area contributed by atoms with Crippen molar-refractivity contribution in [3.05, 3.63) is 71.5 Å². The summed E-state index contributed by atoms with van der Waals surface area (Å²) in [5.41, 5.74) is 2.15. The zero-order valence-corrected chi connectivity index (χ0v) is 15.2. The summed E-state index contributed by atoms with van der Waals surface area (Å²) in [4.78, 5) is 25.0. The lowest BCUT2D eigenvalue weighted by Crippen LogP contribution is -2.43. The molecule has 0 aliphatic heterocycles. The summed E-state index contributed by atoms with van der Waals surface area (Å²) in [6.07, 6.45) is 0.319. The van der Waals surface area contributed by atoms with E-state index in [2.05, 4.69) is 5.32 Å². The topological polar surface area (TPSA) is 77.8 Å². The second-order valence-corrected chi connectivity index (χ2v) is 6.08. The Bertz CT molecular complexity index is 932. The zero-order chi connectivity index (χ0) is 19.2. The number of fused-ring (bicyclic) bond motifs is 1. The number of carbonyl (C=O) groups excluding carboxylic acids is 2. The van der Waals surface area contributed by atoms with Crippen molar-refractivity contribution in [2.45, 2.75) is 19.1 Å². The molecule has 0 spiro atoms. The average Bonchev–Trinajstić information content (AvgIpc) is 3.07. The van der Waals surface area contributed by atoms with Gasteiger partial charge in [-0.05, 0) is 11.6 Å². The number of nitrogens with one attached hydrogen (secondary N) is 1. The molecule has 140 valence electrons. The first kappa shape index (κ1) is 18.7. The molecule has 27 heavy (non-hydrogen) atoms. The number of rotatable bonds is 7. The van der Waals surface area contributed by atoms with E-state index in [4.69, 9.17) is 13.9 Å². The Morgan fingerprint density at radius 3 is 2.44 bits per heavy atom. The van der Waals surface area contributed by atoms with Crippen LogP contribution in [0.1, 0.15) is 21.7 Å². The smallest absolute Gasteiger partial charge is 0.328 e. The Morgan fingerprint density at radius 1 is 1.04 bits per heavy atom. The van der Waals surface area contributed by atoms with Gasteiger partial charge < -0.3 is 19.2 Å². The third-order valence-corrected chi connectivity index (χ3v) is 4.27. The van der Waals surface area contributed by atoms with Crippen LogP contribution in [0.15, 0.2) is 59.0 Å². The van der Waals surface area contributed by atoms with E-state index in [1.54, 1.807) is 13.2 Å². The van der Waals surface area contributed by atoms with E-state index < -0.39 is 17.9 Å². The van der Waals surface area contributed by atoms with Crippen LogP contribution in [0.4, 0.5) is 0 Å². The normalized spacial score (nSPS) is 11.9. The Labute approximate surface area is 157 Å². The van der Waals surface area contributed by atoms with Gasteiger partial charge in [0.05, 0.1) is 13.7 Å². The van der Waals surface area contributed by atoms with Gasteiger partial charge >= 0.3 is 5.97 Å². The molecule has 0 bridgehead atoms. The van der Waals surface area contributed by atoms with E-state index >= 15 is 0 Å². The number of benzene rings is 2. The maximum absolute atomic E-state index is 12.9. The van der Waals surface area contributed by atoms with Crippen molar-refractivity contribution in [1.82, 2.24) is 5.32 Å². The van der Waals surface area contributed by atoms with E-state index in [0.717, 1.165) is 10.9 Å². The van der Waals surface area contributed by atoms with E-state index in [1.807, 2.05) is 48.5 Å². The first-order valence-electron chi connectivity index (χ1n) is 8.56. The van der Waals surface area contributed by atoms with Crippen LogP contribution in [-0.4, -0.2) is 32.1 Å². The number of amides is 1. The van der Waals surface area contributed by atoms with Crippen LogP contribution in [0.3, 0.4) is 0 Å². The molecule has 0 fully saturated rings. The highest BCUT2D eigenvalue weighted by atomic mass is 16.5. The molecule has 3 rings (SSSR count). The molecule has 0 unspecified atom stereocenters. The molecule has 2 aromatic carbocycles. The van der Waals surface area contributed by atoms with Crippen LogP contribution in [0, 0.1) is 0 Å². The summed E-state index contributed by atoms with van der Waals surface area (Å²) in [6.45, 7) is 0.224. The third kappa shape index (κ3) is 4.17. The zero-order valence-electron chi connectivity index (χ0n) is 15.2. The maximum atomic E-state index is 12.9. The lowest BCUT2D eigenvalue weighted by Gasteiger charge is -2.16. The van der Waals surface area contributed by atoms with Crippen LogP contribution in [0.2, 0.25) is 0 Å². The predicted molar refractivity (Wildman–Crippen MR) is 100 cm³/mol. The fourth-order valence-electron chi connectivity index (χ4n) is 2.98. The van der Waals surface area contributed by atoms with Crippen molar-refractivity contribution in [2.24, 2.45) is 0 Å². The molecule has 0 saturated heterocycles. The molecule has 6 heteroatoms. The van der Waals surface area contributed by atoms with Crippen LogP contribution < -0.4 is 5.32 Å². The fraction of sp³-hybridized carbons (Fsp3) is 0.238. The summed E-state index contributed by atoms with van der Waals surface area (Å²) >= 11 is 0. The Balaban J connectivity index is 1.88. The van der Waals surface area contributed by atoms with Crippen LogP contribution in [0.5, 0.6) is 0 Å². The van der Waals surface area contributed by atoms with E-state index in [1.165, 1.54) is 7.11 Å². The Kier molecular flexibility index (Phi) is 5.88. The molecule has 6 nitrogen and oxygen atoms in total. The third-order valence-electron chi connectivity index (χ3n) is 4.27. The highest BCUT2D eigenvalue weighted by Gasteiger charge is 2.27. The standard InChI is InChI=1S/C21H21NO5/c1-25-13-16-15-10-6-7-11-18(15)27-19(16)20(23)22-17(21(24)26-2)12-14-8-4-3-5-9-14/h3-11,17H,12-13H2,1-2H3,(H,22,23)/t17-/m1/s1. The number of hydrogen-bond donors (Lipinski definition) is 1. The number of ether oxygens (including phenoxy) is 2. The summed E-state index contributed by atoms with van der Waals surface area (Å²) in [5.74, 6) is -0.860. The van der Waals surface area contributed by atoms with E-state index in [0.29, 0.717) is 17.6 Å². The Hall–Kier alpha value is -3.12. The first-order valence-corrected chi connectivity index (χ1v) is 8.56. The number of furan rings is 1. The molecule has 0 saturated carbocycles. The lowest BCUT2D eigenvalue weighted by molar-refractivity contribution is -0.142. The second-order valence-electron chi connectivity index (χ2n) is 6.08. The minimum atomic E-state index is -0.825. The van der Waals surface area contributed by atoms with Gasteiger partial charge in [0.2, 0.25) is 0 Å². The quantitative estimate of drug-likeness (QED) is 0.649. The van der Waals surface area contributed by atoms with Gasteiger partial charge in [0.15, 0.2) is 5.76 Å². The molecule has 1 heterocycles. The summed E-state index contributed by atoms with van der Waals surface area (Å²) < 4.78 is 15.8. The SMILES string of the molecule is COCc1c(C(=O)N[C@H](Cc2ccccc2)C(=O)OC)oc2ccccc12. The van der Waals surface area contributed by atoms with Gasteiger partial charge in [0.1, 0.15) is 11.6 Å². The monoisotopic (exact) mass is 367 g/mol. The van der Waals surface area contributed by atoms with E-state index in [-0.39, 0.29) is 12.4 Å². The van der Waals surface area contributed by atoms with Crippen LogP contribution in [-0.2, 0) is 27.3 Å².